The number of ether oxygens (including phenoxy) is 1. The molecule has 134 valence electrons. The van der Waals surface area contributed by atoms with Gasteiger partial charge in [0.25, 0.3) is 5.91 Å². The van der Waals surface area contributed by atoms with E-state index in [1.807, 2.05) is 13.8 Å². The van der Waals surface area contributed by atoms with E-state index in [4.69, 9.17) is 4.74 Å². The number of rotatable bonds is 4. The minimum atomic E-state index is -0.934. The standard InChI is InChI=1S/C17H22N4O4/c1-10-8-12(14-11(2)20-21(3)15(14)18-10)16(24)19-17(9-13(22)23)4-6-25-7-5-17/h8H,4-7,9H2,1-3H3,(H,19,24)(H,22,23). The third-order valence-electron chi connectivity index (χ3n) is 4.66. The molecule has 1 saturated heterocycles. The van der Waals surface area contributed by atoms with Crippen molar-refractivity contribution in [1.29, 1.82) is 0 Å². The maximum atomic E-state index is 13.0. The highest BCUT2D eigenvalue weighted by Crippen LogP contribution is 2.27. The van der Waals surface area contributed by atoms with Gasteiger partial charge in [0.05, 0.1) is 28.6 Å². The van der Waals surface area contributed by atoms with Gasteiger partial charge in [-0.2, -0.15) is 5.10 Å². The molecule has 3 heterocycles. The Hall–Kier alpha value is -2.48. The fraction of sp³-hybridized carbons (Fsp3) is 0.529. The first-order valence-corrected chi connectivity index (χ1v) is 8.24. The lowest BCUT2D eigenvalue weighted by Crippen LogP contribution is -2.53. The molecule has 2 aromatic rings. The normalized spacial score (nSPS) is 16.8. The minimum Gasteiger partial charge on any atom is -0.481 e. The fourth-order valence-corrected chi connectivity index (χ4v) is 3.45. The Morgan fingerprint density at radius 3 is 2.68 bits per heavy atom. The summed E-state index contributed by atoms with van der Waals surface area (Å²) in [6, 6.07) is 1.72. The van der Waals surface area contributed by atoms with Crippen molar-refractivity contribution in [2.24, 2.45) is 7.05 Å². The molecule has 1 aliphatic heterocycles. The molecule has 0 saturated carbocycles. The van der Waals surface area contributed by atoms with Gasteiger partial charge >= 0.3 is 5.97 Å². The van der Waals surface area contributed by atoms with Crippen molar-refractivity contribution >= 4 is 22.9 Å². The maximum Gasteiger partial charge on any atom is 0.305 e. The van der Waals surface area contributed by atoms with Gasteiger partial charge in [-0.15, -0.1) is 0 Å². The van der Waals surface area contributed by atoms with Crippen LogP contribution in [-0.4, -0.2) is 50.5 Å². The summed E-state index contributed by atoms with van der Waals surface area (Å²) in [4.78, 5) is 28.8. The van der Waals surface area contributed by atoms with Crippen LogP contribution in [0.5, 0.6) is 0 Å². The number of fused-ring (bicyclic) bond motifs is 1. The van der Waals surface area contributed by atoms with E-state index in [2.05, 4.69) is 15.4 Å². The highest BCUT2D eigenvalue weighted by molar-refractivity contribution is 6.07. The third-order valence-corrected chi connectivity index (χ3v) is 4.66. The van der Waals surface area contributed by atoms with Gasteiger partial charge in [-0.05, 0) is 32.8 Å². The summed E-state index contributed by atoms with van der Waals surface area (Å²) in [6.45, 7) is 4.52. The maximum absolute atomic E-state index is 13.0. The lowest BCUT2D eigenvalue weighted by Gasteiger charge is -2.36. The van der Waals surface area contributed by atoms with Crippen molar-refractivity contribution in [3.05, 3.63) is 23.0 Å². The summed E-state index contributed by atoms with van der Waals surface area (Å²) < 4.78 is 6.99. The Morgan fingerprint density at radius 2 is 2.04 bits per heavy atom. The highest BCUT2D eigenvalue weighted by atomic mass is 16.5. The molecule has 1 fully saturated rings. The van der Waals surface area contributed by atoms with Crippen LogP contribution >= 0.6 is 0 Å². The van der Waals surface area contributed by atoms with E-state index in [1.165, 1.54) is 0 Å². The zero-order valence-corrected chi connectivity index (χ0v) is 14.6. The van der Waals surface area contributed by atoms with Gasteiger partial charge in [0, 0.05) is 26.0 Å². The molecule has 0 aromatic carbocycles. The van der Waals surface area contributed by atoms with Gasteiger partial charge in [-0.1, -0.05) is 0 Å². The van der Waals surface area contributed by atoms with Crippen LogP contribution in [0.1, 0.15) is 41.0 Å². The van der Waals surface area contributed by atoms with Crippen molar-refractivity contribution in [1.82, 2.24) is 20.1 Å². The Morgan fingerprint density at radius 1 is 1.36 bits per heavy atom. The first kappa shape index (κ1) is 17.3. The minimum absolute atomic E-state index is 0.124. The molecule has 0 unspecified atom stereocenters. The number of pyridine rings is 1. The summed E-state index contributed by atoms with van der Waals surface area (Å²) in [6.07, 6.45) is 0.829. The number of nitrogens with zero attached hydrogens (tertiary/aromatic N) is 3. The fourth-order valence-electron chi connectivity index (χ4n) is 3.45. The number of aliphatic carboxylic acids is 1. The van der Waals surface area contributed by atoms with Gasteiger partial charge in [0.2, 0.25) is 0 Å². The van der Waals surface area contributed by atoms with Crippen molar-refractivity contribution in [3.63, 3.8) is 0 Å². The predicted molar refractivity (Wildman–Crippen MR) is 90.5 cm³/mol. The first-order chi connectivity index (χ1) is 11.8. The monoisotopic (exact) mass is 346 g/mol. The number of amides is 1. The molecule has 0 atom stereocenters. The van der Waals surface area contributed by atoms with Crippen LogP contribution in [0.15, 0.2) is 6.07 Å². The van der Waals surface area contributed by atoms with E-state index in [0.717, 1.165) is 5.69 Å². The zero-order chi connectivity index (χ0) is 18.2. The summed E-state index contributed by atoms with van der Waals surface area (Å²) in [5, 5.41) is 17.3. The van der Waals surface area contributed by atoms with Crippen LogP contribution in [0.4, 0.5) is 0 Å². The number of hydrogen-bond donors (Lipinski definition) is 2. The van der Waals surface area contributed by atoms with Crippen LogP contribution in [0, 0.1) is 13.8 Å². The zero-order valence-electron chi connectivity index (χ0n) is 14.6. The third kappa shape index (κ3) is 3.34. The molecule has 2 N–H and O–H groups in total. The number of aromatic nitrogens is 3. The molecule has 8 heteroatoms. The summed E-state index contributed by atoms with van der Waals surface area (Å²) in [5.41, 5.74) is 1.75. The molecule has 2 aromatic heterocycles. The predicted octanol–water partition coefficient (Wildman–Crippen LogP) is 1.34. The smallest absolute Gasteiger partial charge is 0.305 e. The number of nitrogens with one attached hydrogen (secondary N) is 1. The molecular weight excluding hydrogens is 324 g/mol. The Bertz CT molecular complexity index is 837. The summed E-state index contributed by atoms with van der Waals surface area (Å²) >= 11 is 0. The Balaban J connectivity index is 2.00. The van der Waals surface area contributed by atoms with E-state index in [1.54, 1.807) is 17.8 Å². The average molecular weight is 346 g/mol. The highest BCUT2D eigenvalue weighted by Gasteiger charge is 2.37. The van der Waals surface area contributed by atoms with Gasteiger partial charge in [0.15, 0.2) is 5.65 Å². The topological polar surface area (TPSA) is 106 Å². The van der Waals surface area contributed by atoms with E-state index < -0.39 is 11.5 Å². The SMILES string of the molecule is Cc1cc(C(=O)NC2(CC(=O)O)CCOCC2)c2c(C)nn(C)c2n1. The lowest BCUT2D eigenvalue weighted by atomic mass is 9.86. The summed E-state index contributed by atoms with van der Waals surface area (Å²) in [7, 11) is 1.79. The summed E-state index contributed by atoms with van der Waals surface area (Å²) in [5.74, 6) is -1.23. The van der Waals surface area contributed by atoms with E-state index >= 15 is 0 Å². The number of carbonyl (C=O) groups is 2. The van der Waals surface area contributed by atoms with Gasteiger partial charge in [-0.25, -0.2) is 4.98 Å². The van der Waals surface area contributed by atoms with E-state index in [0.29, 0.717) is 48.3 Å². The van der Waals surface area contributed by atoms with E-state index in [9.17, 15) is 14.7 Å². The molecule has 25 heavy (non-hydrogen) atoms. The number of carbonyl (C=O) groups excluding carboxylic acids is 1. The van der Waals surface area contributed by atoms with Gasteiger partial charge < -0.3 is 15.2 Å². The second kappa shape index (κ2) is 6.44. The number of hydrogen-bond acceptors (Lipinski definition) is 5. The quantitative estimate of drug-likeness (QED) is 0.865. The van der Waals surface area contributed by atoms with Gasteiger partial charge in [-0.3, -0.25) is 14.3 Å². The first-order valence-electron chi connectivity index (χ1n) is 8.24. The molecule has 0 spiro atoms. The second-order valence-electron chi connectivity index (χ2n) is 6.64. The van der Waals surface area contributed by atoms with Crippen LogP contribution in [0.2, 0.25) is 0 Å². The Kier molecular flexibility index (Phi) is 4.47. The van der Waals surface area contributed by atoms with Crippen molar-refractivity contribution in [2.45, 2.75) is 38.6 Å². The molecule has 8 nitrogen and oxygen atoms in total. The van der Waals surface area contributed by atoms with Crippen LogP contribution in [-0.2, 0) is 16.6 Å². The molecule has 3 rings (SSSR count). The number of aryl methyl sites for hydroxylation is 3. The molecule has 0 aliphatic carbocycles. The number of carboxylic acids is 1. The second-order valence-corrected chi connectivity index (χ2v) is 6.64. The van der Waals surface area contributed by atoms with E-state index in [-0.39, 0.29) is 12.3 Å². The molecule has 0 bridgehead atoms. The van der Waals surface area contributed by atoms with Crippen molar-refractivity contribution < 1.29 is 19.4 Å². The molecule has 1 aliphatic rings. The Labute approximate surface area is 145 Å². The lowest BCUT2D eigenvalue weighted by molar-refractivity contribution is -0.139. The van der Waals surface area contributed by atoms with Crippen molar-refractivity contribution in [2.75, 3.05) is 13.2 Å². The molecule has 1 amide bonds. The van der Waals surface area contributed by atoms with Crippen LogP contribution in [0.3, 0.4) is 0 Å². The van der Waals surface area contributed by atoms with Crippen LogP contribution < -0.4 is 5.32 Å². The molecule has 0 radical (unpaired) electrons. The van der Waals surface area contributed by atoms with Crippen molar-refractivity contribution in [3.8, 4) is 0 Å². The number of carboxylic acid groups (broad SMARTS) is 1. The average Bonchev–Trinajstić information content (AvgIpc) is 2.81. The molecular formula is C17H22N4O4. The van der Waals surface area contributed by atoms with Crippen LogP contribution in [0.25, 0.3) is 11.0 Å². The largest absolute Gasteiger partial charge is 0.481 e. The van der Waals surface area contributed by atoms with Gasteiger partial charge in [0.1, 0.15) is 0 Å².